The van der Waals surface area contributed by atoms with E-state index < -0.39 is 0 Å². The molecule has 5 nitrogen and oxygen atoms in total. The molecule has 1 amide bonds. The minimum Gasteiger partial charge on any atom is -0.496 e. The summed E-state index contributed by atoms with van der Waals surface area (Å²) >= 11 is 1.60. The molecule has 1 aromatic heterocycles. The van der Waals surface area contributed by atoms with E-state index in [4.69, 9.17) is 15.5 Å². The number of thiazole rings is 1. The summed E-state index contributed by atoms with van der Waals surface area (Å²) in [6.45, 7) is 2.08. The first-order valence-corrected chi connectivity index (χ1v) is 10.7. The minimum atomic E-state index is -0.158. The molecule has 29 heavy (non-hydrogen) atoms. The number of methoxy groups -OCH3 is 1. The number of ether oxygens (including phenoxy) is 1. The van der Waals surface area contributed by atoms with E-state index in [0.717, 1.165) is 39.7 Å². The first-order chi connectivity index (χ1) is 14.1. The lowest BCUT2D eigenvalue weighted by Crippen LogP contribution is -2.30. The highest BCUT2D eigenvalue weighted by Gasteiger charge is 2.19. The van der Waals surface area contributed by atoms with Gasteiger partial charge in [0.1, 0.15) is 10.8 Å². The Hall–Kier alpha value is -2.86. The average Bonchev–Trinajstić information content (AvgIpc) is 3.23. The normalized spacial score (nSPS) is 11.8. The van der Waals surface area contributed by atoms with E-state index in [-0.39, 0.29) is 11.9 Å². The number of nitrogens with two attached hydrogens (primary N) is 1. The van der Waals surface area contributed by atoms with Crippen molar-refractivity contribution in [2.45, 2.75) is 38.6 Å². The Morgan fingerprint density at radius 2 is 1.97 bits per heavy atom. The van der Waals surface area contributed by atoms with E-state index in [0.29, 0.717) is 19.3 Å². The molecule has 3 aromatic rings. The molecular weight excluding hydrogens is 382 g/mol. The summed E-state index contributed by atoms with van der Waals surface area (Å²) in [5, 5.41) is 6.17. The highest BCUT2D eigenvalue weighted by atomic mass is 32.1. The van der Waals surface area contributed by atoms with Crippen LogP contribution in [0, 0.1) is 0 Å². The van der Waals surface area contributed by atoms with Gasteiger partial charge in [-0.15, -0.1) is 11.3 Å². The molecule has 3 N–H and O–H groups in total. The molecule has 1 unspecified atom stereocenters. The summed E-state index contributed by atoms with van der Waals surface area (Å²) in [6, 6.07) is 15.4. The molecule has 2 aromatic carbocycles. The van der Waals surface area contributed by atoms with Gasteiger partial charge in [0.05, 0.1) is 18.8 Å². The molecule has 0 aliphatic carbocycles. The predicted molar refractivity (Wildman–Crippen MR) is 118 cm³/mol. The number of anilines is 1. The zero-order valence-electron chi connectivity index (χ0n) is 16.9. The van der Waals surface area contributed by atoms with Gasteiger partial charge in [0.2, 0.25) is 5.91 Å². The van der Waals surface area contributed by atoms with Crippen molar-refractivity contribution in [1.29, 1.82) is 0 Å². The summed E-state index contributed by atoms with van der Waals surface area (Å²) in [5.41, 5.74) is 9.72. The van der Waals surface area contributed by atoms with Gasteiger partial charge in [0.25, 0.3) is 0 Å². The summed E-state index contributed by atoms with van der Waals surface area (Å²) in [4.78, 5) is 17.4. The molecule has 0 saturated heterocycles. The van der Waals surface area contributed by atoms with Crippen LogP contribution in [0.1, 0.15) is 41.2 Å². The van der Waals surface area contributed by atoms with E-state index in [1.165, 1.54) is 0 Å². The van der Waals surface area contributed by atoms with Gasteiger partial charge in [-0.2, -0.15) is 0 Å². The lowest BCUT2D eigenvalue weighted by atomic mass is 10.0. The van der Waals surface area contributed by atoms with Crippen LogP contribution in [0.15, 0.2) is 53.9 Å². The number of carbonyl (C=O) groups is 1. The van der Waals surface area contributed by atoms with Gasteiger partial charge in [-0.3, -0.25) is 4.79 Å². The number of benzene rings is 2. The molecule has 1 heterocycles. The summed E-state index contributed by atoms with van der Waals surface area (Å²) < 4.78 is 5.38. The van der Waals surface area contributed by atoms with Crippen molar-refractivity contribution in [2.24, 2.45) is 0 Å². The maximum absolute atomic E-state index is 12.7. The maximum Gasteiger partial charge on any atom is 0.220 e. The topological polar surface area (TPSA) is 77.2 Å². The molecule has 0 aliphatic heterocycles. The van der Waals surface area contributed by atoms with Gasteiger partial charge in [-0.1, -0.05) is 37.3 Å². The molecule has 1 atom stereocenters. The number of aryl methyl sites for hydroxylation is 2. The van der Waals surface area contributed by atoms with Gasteiger partial charge in [-0.25, -0.2) is 4.98 Å². The van der Waals surface area contributed by atoms with Crippen LogP contribution in [0.4, 0.5) is 5.69 Å². The number of para-hydroxylation sites is 1. The van der Waals surface area contributed by atoms with Crippen molar-refractivity contribution in [3.63, 3.8) is 0 Å². The SMILES string of the molecule is CCc1csc(C(Cc2ccc(N)cc2)NC(=O)CCc2ccccc2OC)n1. The van der Waals surface area contributed by atoms with Crippen LogP contribution in [0.5, 0.6) is 5.75 Å². The summed E-state index contributed by atoms with van der Waals surface area (Å²) in [5.74, 6) is 0.816. The molecule has 0 aliphatic rings. The molecule has 0 radical (unpaired) electrons. The van der Waals surface area contributed by atoms with Crippen molar-refractivity contribution >= 4 is 22.9 Å². The van der Waals surface area contributed by atoms with E-state index in [9.17, 15) is 4.79 Å². The lowest BCUT2D eigenvalue weighted by molar-refractivity contribution is -0.121. The molecule has 0 fully saturated rings. The number of carbonyl (C=O) groups excluding carboxylic acids is 1. The monoisotopic (exact) mass is 409 g/mol. The quantitative estimate of drug-likeness (QED) is 0.516. The van der Waals surface area contributed by atoms with Gasteiger partial charge in [0.15, 0.2) is 0 Å². The van der Waals surface area contributed by atoms with Crippen LogP contribution < -0.4 is 15.8 Å². The molecule has 0 saturated carbocycles. The Morgan fingerprint density at radius 3 is 2.66 bits per heavy atom. The highest BCUT2D eigenvalue weighted by molar-refractivity contribution is 7.09. The van der Waals surface area contributed by atoms with Gasteiger partial charge < -0.3 is 15.8 Å². The third-order valence-corrected chi connectivity index (χ3v) is 5.81. The Labute approximate surface area is 175 Å². The van der Waals surface area contributed by atoms with Crippen LogP contribution in [-0.2, 0) is 24.1 Å². The highest BCUT2D eigenvalue weighted by Crippen LogP contribution is 2.24. The third kappa shape index (κ3) is 5.81. The van der Waals surface area contributed by atoms with E-state index >= 15 is 0 Å². The second-order valence-electron chi connectivity index (χ2n) is 6.91. The largest absolute Gasteiger partial charge is 0.496 e. The fourth-order valence-electron chi connectivity index (χ4n) is 3.16. The summed E-state index contributed by atoms with van der Waals surface area (Å²) in [7, 11) is 1.65. The second-order valence-corrected chi connectivity index (χ2v) is 7.80. The minimum absolute atomic E-state index is 0.00426. The summed E-state index contributed by atoms with van der Waals surface area (Å²) in [6.07, 6.45) is 2.58. The number of rotatable bonds is 9. The smallest absolute Gasteiger partial charge is 0.220 e. The van der Waals surface area contributed by atoms with Crippen LogP contribution in [0.2, 0.25) is 0 Å². The van der Waals surface area contributed by atoms with Crippen molar-refractivity contribution < 1.29 is 9.53 Å². The van der Waals surface area contributed by atoms with E-state index in [2.05, 4.69) is 17.6 Å². The molecule has 6 heteroatoms. The number of hydrogen-bond donors (Lipinski definition) is 2. The lowest BCUT2D eigenvalue weighted by Gasteiger charge is -2.17. The van der Waals surface area contributed by atoms with Crippen molar-refractivity contribution in [3.8, 4) is 5.75 Å². The Bertz CT molecular complexity index is 937. The second kappa shape index (κ2) is 10.1. The van der Waals surface area contributed by atoms with Gasteiger partial charge >= 0.3 is 0 Å². The Balaban J connectivity index is 1.69. The van der Waals surface area contributed by atoms with Crippen LogP contribution in [-0.4, -0.2) is 18.0 Å². The molecule has 3 rings (SSSR count). The number of nitrogen functional groups attached to an aromatic ring is 1. The van der Waals surface area contributed by atoms with E-state index in [1.807, 2.05) is 48.5 Å². The number of aromatic nitrogens is 1. The maximum atomic E-state index is 12.7. The molecule has 152 valence electrons. The third-order valence-electron chi connectivity index (χ3n) is 4.80. The zero-order chi connectivity index (χ0) is 20.6. The standard InChI is InChI=1S/C23H27N3O2S/c1-3-19-15-29-23(25-19)20(14-16-8-11-18(24)12-9-16)26-22(27)13-10-17-6-4-5-7-21(17)28-2/h4-9,11-12,15,20H,3,10,13-14,24H2,1-2H3,(H,26,27). The van der Waals surface area contributed by atoms with E-state index in [1.54, 1.807) is 18.4 Å². The number of nitrogens with zero attached hydrogens (tertiary/aromatic N) is 1. The van der Waals surface area contributed by atoms with Crippen LogP contribution in [0.3, 0.4) is 0 Å². The average molecular weight is 410 g/mol. The fraction of sp³-hybridized carbons (Fsp3) is 0.304. The van der Waals surface area contributed by atoms with Gasteiger partial charge in [0, 0.05) is 17.5 Å². The van der Waals surface area contributed by atoms with Crippen molar-refractivity contribution in [3.05, 3.63) is 75.7 Å². The molecule has 0 bridgehead atoms. The first kappa shape index (κ1) is 20.9. The van der Waals surface area contributed by atoms with Gasteiger partial charge in [-0.05, 0) is 48.6 Å². The Morgan fingerprint density at radius 1 is 1.21 bits per heavy atom. The van der Waals surface area contributed by atoms with Crippen LogP contribution in [0.25, 0.3) is 0 Å². The predicted octanol–water partition coefficient (Wildman–Crippen LogP) is 4.33. The van der Waals surface area contributed by atoms with Crippen molar-refractivity contribution in [1.82, 2.24) is 10.3 Å². The number of nitrogens with one attached hydrogen (secondary N) is 1. The number of hydrogen-bond acceptors (Lipinski definition) is 5. The van der Waals surface area contributed by atoms with Crippen molar-refractivity contribution in [2.75, 3.05) is 12.8 Å². The molecular formula is C23H27N3O2S. The zero-order valence-corrected chi connectivity index (χ0v) is 17.7. The van der Waals surface area contributed by atoms with Crippen LogP contribution >= 0.6 is 11.3 Å². The fourth-order valence-corrected chi connectivity index (χ4v) is 4.11. The molecule has 0 spiro atoms. The Kier molecular flexibility index (Phi) is 7.25. The number of amides is 1. The first-order valence-electron chi connectivity index (χ1n) is 9.79.